The third kappa shape index (κ3) is 3.77. The summed E-state index contributed by atoms with van der Waals surface area (Å²) in [5.74, 6) is -2.81. The third-order valence-electron chi connectivity index (χ3n) is 2.00. The van der Waals surface area contributed by atoms with Gasteiger partial charge in [-0.15, -0.1) is 0 Å². The number of halogens is 1. The van der Waals surface area contributed by atoms with E-state index in [4.69, 9.17) is 15.6 Å². The summed E-state index contributed by atoms with van der Waals surface area (Å²) in [5, 5.41) is 8.94. The monoisotopic (exact) mass is 236 g/mol. The summed E-state index contributed by atoms with van der Waals surface area (Å²) in [6.07, 6.45) is 0. The maximum atomic E-state index is 11.6. The smallest absolute Gasteiger partial charge is 0.338 e. The molecule has 6 heteroatoms. The number of aliphatic carboxylic acids is 1. The number of hydrogen-bond donors (Lipinski definition) is 2. The molecule has 0 aliphatic carbocycles. The normalized spacial score (nSPS) is 14.9. The molecule has 0 rings (SSSR count). The Morgan fingerprint density at radius 2 is 1.62 bits per heavy atom. The van der Waals surface area contributed by atoms with Crippen LogP contribution in [-0.2, 0) is 14.3 Å². The van der Waals surface area contributed by atoms with Crippen LogP contribution < -0.4 is 10.4 Å². The Balaban J connectivity index is 0. The van der Waals surface area contributed by atoms with Crippen LogP contribution in [0.2, 0.25) is 0 Å². The van der Waals surface area contributed by atoms with Crippen LogP contribution in [0.4, 0.5) is 0 Å². The molecule has 0 aromatic carbocycles. The van der Waals surface area contributed by atoms with Crippen LogP contribution in [0.3, 0.4) is 0 Å². The molecule has 3 N–H and O–H groups in total. The summed E-state index contributed by atoms with van der Waals surface area (Å²) in [7, 11) is 0. The summed E-state index contributed by atoms with van der Waals surface area (Å²) in [5.41, 5.74) is 2.84. The maximum absolute atomic E-state index is 11.6. The predicted molar refractivity (Wildman–Crippen MR) is 55.2 cm³/mol. The molecule has 0 saturated carbocycles. The first kappa shape index (κ1) is 17.2. The van der Waals surface area contributed by atoms with E-state index < -0.39 is 29.0 Å². The summed E-state index contributed by atoms with van der Waals surface area (Å²) in [4.78, 5) is 22.6. The number of carbonyl (C=O) groups is 2. The van der Waals surface area contributed by atoms with Gasteiger partial charge in [0.2, 0.25) is 5.54 Å². The summed E-state index contributed by atoms with van der Waals surface area (Å²) in [6.45, 7) is 8.12. The second-order valence-electron chi connectivity index (χ2n) is 4.83. The molecule has 0 aliphatic rings. The van der Waals surface area contributed by atoms with Crippen molar-refractivity contribution in [3.8, 4) is 0 Å². The molecular weight excluding hydrogens is 217 g/mol. The summed E-state index contributed by atoms with van der Waals surface area (Å²) in [6, 6.07) is 0. The Bertz CT molecular complexity index is 272. The Hall–Kier alpha value is -1.17. The Morgan fingerprint density at radius 3 is 1.81 bits per heavy atom. The Kier molecular flexibility index (Phi) is 5.65. The number of hydrogen-bond acceptors (Lipinski definition) is 4. The minimum Gasteiger partial charge on any atom is -1.00 e. The van der Waals surface area contributed by atoms with Gasteiger partial charge in [0, 0.05) is 0 Å². The minimum absolute atomic E-state index is 0. The SMILES string of the molecule is CC(C)C(N)(C(=O)O)C(=O)OC(C)(C)C.[F-]. The lowest BCUT2D eigenvalue weighted by molar-refractivity contribution is -0.171. The number of carboxylic acid groups (broad SMARTS) is 1. The van der Waals surface area contributed by atoms with Crippen molar-refractivity contribution in [1.29, 1.82) is 0 Å². The Labute approximate surface area is 94.3 Å². The first-order valence-corrected chi connectivity index (χ1v) is 4.77. The minimum atomic E-state index is -1.98. The summed E-state index contributed by atoms with van der Waals surface area (Å²) >= 11 is 0. The molecule has 0 saturated heterocycles. The van der Waals surface area contributed by atoms with Crippen molar-refractivity contribution in [2.24, 2.45) is 11.7 Å². The van der Waals surface area contributed by atoms with Crippen LogP contribution in [-0.4, -0.2) is 28.2 Å². The van der Waals surface area contributed by atoms with Gasteiger partial charge in [-0.25, -0.2) is 9.59 Å². The molecule has 0 radical (unpaired) electrons. The molecule has 1 unspecified atom stereocenters. The molecular formula is C10H19FNO4-. The lowest BCUT2D eigenvalue weighted by atomic mass is 9.87. The van der Waals surface area contributed by atoms with Gasteiger partial charge < -0.3 is 20.3 Å². The van der Waals surface area contributed by atoms with Crippen LogP contribution in [0.25, 0.3) is 0 Å². The molecule has 16 heavy (non-hydrogen) atoms. The van der Waals surface area contributed by atoms with E-state index in [0.29, 0.717) is 0 Å². The van der Waals surface area contributed by atoms with Gasteiger partial charge in [0.1, 0.15) is 5.60 Å². The zero-order valence-corrected chi connectivity index (χ0v) is 10.2. The van der Waals surface area contributed by atoms with Gasteiger partial charge in [-0.2, -0.15) is 0 Å². The first-order chi connectivity index (χ1) is 6.51. The molecule has 0 heterocycles. The highest BCUT2D eigenvalue weighted by molar-refractivity contribution is 6.04. The zero-order chi connectivity index (χ0) is 12.4. The second-order valence-corrected chi connectivity index (χ2v) is 4.83. The molecule has 0 aromatic heterocycles. The van der Waals surface area contributed by atoms with Crippen molar-refractivity contribution in [2.75, 3.05) is 0 Å². The van der Waals surface area contributed by atoms with Gasteiger partial charge in [0.05, 0.1) is 0 Å². The van der Waals surface area contributed by atoms with E-state index in [-0.39, 0.29) is 4.70 Å². The highest BCUT2D eigenvalue weighted by Crippen LogP contribution is 2.20. The molecule has 1 atom stereocenters. The van der Waals surface area contributed by atoms with Crippen LogP contribution in [0, 0.1) is 5.92 Å². The van der Waals surface area contributed by atoms with Crippen LogP contribution in [0.5, 0.6) is 0 Å². The highest BCUT2D eigenvalue weighted by Gasteiger charge is 2.48. The fourth-order valence-corrected chi connectivity index (χ4v) is 0.932. The maximum Gasteiger partial charge on any atom is 0.338 e. The molecule has 96 valence electrons. The number of carbonyl (C=O) groups excluding carboxylic acids is 1. The van der Waals surface area contributed by atoms with Gasteiger partial charge in [-0.05, 0) is 26.7 Å². The number of carboxylic acids is 1. The van der Waals surface area contributed by atoms with Crippen molar-refractivity contribution in [2.45, 2.75) is 45.8 Å². The number of nitrogens with two attached hydrogens (primary N) is 1. The van der Waals surface area contributed by atoms with E-state index in [0.717, 1.165) is 0 Å². The van der Waals surface area contributed by atoms with Gasteiger partial charge in [0.15, 0.2) is 0 Å². The largest absolute Gasteiger partial charge is 1.00 e. The Morgan fingerprint density at radius 1 is 1.25 bits per heavy atom. The number of rotatable bonds is 3. The third-order valence-corrected chi connectivity index (χ3v) is 2.00. The van der Waals surface area contributed by atoms with Crippen LogP contribution in [0.15, 0.2) is 0 Å². The summed E-state index contributed by atoms with van der Waals surface area (Å²) < 4.78 is 4.98. The quantitative estimate of drug-likeness (QED) is 0.427. The van der Waals surface area contributed by atoms with Gasteiger partial charge in [-0.1, -0.05) is 13.8 Å². The van der Waals surface area contributed by atoms with Gasteiger partial charge >= 0.3 is 11.9 Å². The van der Waals surface area contributed by atoms with E-state index in [1.165, 1.54) is 0 Å². The average molecular weight is 236 g/mol. The predicted octanol–water partition coefficient (Wildman–Crippen LogP) is -2.23. The molecule has 0 aromatic rings. The van der Waals surface area contributed by atoms with E-state index in [1.54, 1.807) is 34.6 Å². The zero-order valence-electron chi connectivity index (χ0n) is 10.2. The number of esters is 1. The molecule has 0 aliphatic heterocycles. The van der Waals surface area contributed by atoms with E-state index in [2.05, 4.69) is 0 Å². The first-order valence-electron chi connectivity index (χ1n) is 4.77. The highest BCUT2D eigenvalue weighted by atomic mass is 19.0. The molecule has 5 nitrogen and oxygen atoms in total. The second kappa shape index (κ2) is 5.25. The van der Waals surface area contributed by atoms with Crippen molar-refractivity contribution >= 4 is 11.9 Å². The van der Waals surface area contributed by atoms with Crippen LogP contribution >= 0.6 is 0 Å². The standard InChI is InChI=1S/C10H19NO4.FH/c1-6(2)10(11,7(12)13)8(14)15-9(3,4)5;/h6H,11H2,1-5H3,(H,12,13);1H/p-1. The lowest BCUT2D eigenvalue weighted by Gasteiger charge is -2.30. The molecule has 0 amide bonds. The fourth-order valence-electron chi connectivity index (χ4n) is 0.932. The van der Waals surface area contributed by atoms with Crippen molar-refractivity contribution in [1.82, 2.24) is 0 Å². The number of ether oxygens (including phenoxy) is 1. The van der Waals surface area contributed by atoms with Crippen molar-refractivity contribution in [3.63, 3.8) is 0 Å². The molecule has 0 bridgehead atoms. The van der Waals surface area contributed by atoms with Crippen molar-refractivity contribution in [3.05, 3.63) is 0 Å². The van der Waals surface area contributed by atoms with Crippen LogP contribution in [0.1, 0.15) is 34.6 Å². The van der Waals surface area contributed by atoms with E-state index in [9.17, 15) is 9.59 Å². The lowest BCUT2D eigenvalue weighted by Crippen LogP contribution is -3.00. The topological polar surface area (TPSA) is 89.6 Å². The average Bonchev–Trinajstić information content (AvgIpc) is 1.98. The molecule has 0 fully saturated rings. The molecule has 0 spiro atoms. The van der Waals surface area contributed by atoms with Gasteiger partial charge in [-0.3, -0.25) is 0 Å². The van der Waals surface area contributed by atoms with Crippen molar-refractivity contribution < 1.29 is 24.1 Å². The van der Waals surface area contributed by atoms with Gasteiger partial charge in [0.25, 0.3) is 0 Å². The fraction of sp³-hybridized carbons (Fsp3) is 0.800. The van der Waals surface area contributed by atoms with E-state index >= 15 is 0 Å². The van der Waals surface area contributed by atoms with E-state index in [1.807, 2.05) is 0 Å².